The Labute approximate surface area is 105 Å². The van der Waals surface area contributed by atoms with Crippen LogP contribution in [0.5, 0.6) is 0 Å². The van der Waals surface area contributed by atoms with Gasteiger partial charge in [-0.1, -0.05) is 25.6 Å². The number of rotatable bonds is 7. The van der Waals surface area contributed by atoms with Gasteiger partial charge in [-0.3, -0.25) is 0 Å². The summed E-state index contributed by atoms with van der Waals surface area (Å²) in [5, 5.41) is 12.9. The van der Waals surface area contributed by atoms with Gasteiger partial charge in [-0.25, -0.2) is 4.98 Å². The molecule has 1 heterocycles. The molecule has 16 heavy (non-hydrogen) atoms. The van der Waals surface area contributed by atoms with Gasteiger partial charge in [-0.05, 0) is 30.9 Å². The second-order valence-electron chi connectivity index (χ2n) is 4.12. The number of nitrogens with zero attached hydrogens (tertiary/aromatic N) is 2. The third-order valence-corrected chi connectivity index (χ3v) is 3.91. The molecule has 0 spiro atoms. The minimum Gasteiger partial charge on any atom is -0.391 e. The molecule has 0 fully saturated rings. The van der Waals surface area contributed by atoms with Gasteiger partial charge >= 0.3 is 0 Å². The first-order chi connectivity index (χ1) is 7.58. The zero-order valence-electron chi connectivity index (χ0n) is 9.93. The monoisotopic (exact) mass is 261 g/mol. The number of aliphatic hydroxyl groups excluding tert-OH is 1. The lowest BCUT2D eigenvalue weighted by atomic mass is 10.2. The van der Waals surface area contributed by atoms with Crippen molar-refractivity contribution in [1.82, 2.24) is 14.7 Å². The summed E-state index contributed by atoms with van der Waals surface area (Å²) in [5.74, 6) is 2.09. The van der Waals surface area contributed by atoms with E-state index in [0.29, 0.717) is 18.2 Å². The normalized spacial score (nSPS) is 13.3. The summed E-state index contributed by atoms with van der Waals surface area (Å²) in [7, 11) is 0. The highest BCUT2D eigenvalue weighted by Gasteiger charge is 2.07. The summed E-state index contributed by atoms with van der Waals surface area (Å²) in [5.41, 5.74) is 0. The smallest absolute Gasteiger partial charge is 0.170 e. The van der Waals surface area contributed by atoms with Crippen LogP contribution in [0.4, 0.5) is 0 Å². The fourth-order valence-electron chi connectivity index (χ4n) is 1.10. The minimum absolute atomic E-state index is 0.326. The molecule has 0 aromatic carbocycles. The highest BCUT2D eigenvalue weighted by molar-refractivity contribution is 8.00. The summed E-state index contributed by atoms with van der Waals surface area (Å²) >= 11 is 2.95. The third-order valence-electron chi connectivity index (χ3n) is 1.84. The molecule has 2 N–H and O–H groups in total. The van der Waals surface area contributed by atoms with E-state index in [1.807, 2.05) is 6.92 Å². The molecule has 0 aliphatic heterocycles. The Kier molecular flexibility index (Phi) is 6.26. The Balaban J connectivity index is 2.12. The molecule has 0 radical (unpaired) electrons. The molecule has 0 saturated carbocycles. The van der Waals surface area contributed by atoms with Crippen LogP contribution in [0.1, 0.15) is 19.7 Å². The Morgan fingerprint density at radius 1 is 1.44 bits per heavy atom. The van der Waals surface area contributed by atoms with Gasteiger partial charge in [0, 0.05) is 12.3 Å². The first-order valence-corrected chi connectivity index (χ1v) is 7.15. The molecule has 0 saturated heterocycles. The zero-order valence-corrected chi connectivity index (χ0v) is 11.6. The maximum absolute atomic E-state index is 9.70. The quantitative estimate of drug-likeness (QED) is 0.729. The number of hydrogen-bond donors (Lipinski definition) is 2. The van der Waals surface area contributed by atoms with Gasteiger partial charge in [0.05, 0.1) is 6.10 Å². The van der Waals surface area contributed by atoms with Crippen LogP contribution < -0.4 is 5.32 Å². The maximum atomic E-state index is 9.70. The number of aliphatic hydroxyl groups is 1. The second-order valence-corrected chi connectivity index (χ2v) is 6.14. The highest BCUT2D eigenvalue weighted by Crippen LogP contribution is 2.20. The van der Waals surface area contributed by atoms with Gasteiger partial charge in [-0.2, -0.15) is 4.37 Å². The Hall–Kier alpha value is -0.170. The van der Waals surface area contributed by atoms with E-state index in [0.717, 1.165) is 16.7 Å². The predicted molar refractivity (Wildman–Crippen MR) is 69.1 cm³/mol. The van der Waals surface area contributed by atoms with Crippen molar-refractivity contribution in [3.63, 3.8) is 0 Å². The SMILES string of the molecule is Cc1nsc(SCC(O)CNCC(C)C)n1. The van der Waals surface area contributed by atoms with Crippen LogP contribution in [-0.2, 0) is 0 Å². The maximum Gasteiger partial charge on any atom is 0.170 e. The van der Waals surface area contributed by atoms with E-state index >= 15 is 0 Å². The van der Waals surface area contributed by atoms with E-state index in [9.17, 15) is 5.11 Å². The molecule has 1 atom stereocenters. The molecule has 1 aromatic heterocycles. The molecular weight excluding hydrogens is 242 g/mol. The van der Waals surface area contributed by atoms with Gasteiger partial charge < -0.3 is 10.4 Å². The lowest BCUT2D eigenvalue weighted by molar-refractivity contribution is 0.194. The van der Waals surface area contributed by atoms with E-state index < -0.39 is 0 Å². The first-order valence-electron chi connectivity index (χ1n) is 5.40. The van der Waals surface area contributed by atoms with E-state index in [2.05, 4.69) is 28.5 Å². The van der Waals surface area contributed by atoms with Crippen LogP contribution >= 0.6 is 23.3 Å². The van der Waals surface area contributed by atoms with Crippen molar-refractivity contribution >= 4 is 23.3 Å². The van der Waals surface area contributed by atoms with Crippen LogP contribution in [0.25, 0.3) is 0 Å². The van der Waals surface area contributed by atoms with E-state index in [4.69, 9.17) is 0 Å². The summed E-state index contributed by atoms with van der Waals surface area (Å²) < 4.78 is 5.02. The third kappa shape index (κ3) is 5.79. The van der Waals surface area contributed by atoms with Gasteiger partial charge in [0.1, 0.15) is 5.82 Å². The lowest BCUT2D eigenvalue weighted by Gasteiger charge is -2.11. The lowest BCUT2D eigenvalue weighted by Crippen LogP contribution is -2.30. The molecular formula is C10H19N3OS2. The first kappa shape index (κ1) is 13.9. The fraction of sp³-hybridized carbons (Fsp3) is 0.800. The molecule has 0 aliphatic carbocycles. The summed E-state index contributed by atoms with van der Waals surface area (Å²) in [4.78, 5) is 4.23. The van der Waals surface area contributed by atoms with Crippen LogP contribution in [0, 0.1) is 12.8 Å². The molecule has 1 unspecified atom stereocenters. The average molecular weight is 261 g/mol. The highest BCUT2D eigenvalue weighted by atomic mass is 32.2. The molecule has 1 aromatic rings. The Bertz CT molecular complexity index is 304. The molecule has 0 amide bonds. The van der Waals surface area contributed by atoms with Gasteiger partial charge in [0.25, 0.3) is 0 Å². The summed E-state index contributed by atoms with van der Waals surface area (Å²) in [6.45, 7) is 7.76. The van der Waals surface area contributed by atoms with Crippen molar-refractivity contribution in [3.8, 4) is 0 Å². The Morgan fingerprint density at radius 3 is 2.75 bits per heavy atom. The van der Waals surface area contributed by atoms with Crippen molar-refractivity contribution in [3.05, 3.63) is 5.82 Å². The summed E-state index contributed by atoms with van der Waals surface area (Å²) in [6.07, 6.45) is -0.326. The zero-order chi connectivity index (χ0) is 12.0. The molecule has 6 heteroatoms. The predicted octanol–water partition coefficient (Wildman–Crippen LogP) is 1.55. The van der Waals surface area contributed by atoms with Crippen molar-refractivity contribution < 1.29 is 5.11 Å². The fourth-order valence-corrected chi connectivity index (χ4v) is 2.70. The number of aromatic nitrogens is 2. The standard InChI is InChI=1S/C10H19N3OS2/c1-7(2)4-11-5-9(14)6-15-10-12-8(3)13-16-10/h7,9,11,14H,4-6H2,1-3H3. The van der Waals surface area contributed by atoms with Crippen LogP contribution in [0.2, 0.25) is 0 Å². The molecule has 92 valence electrons. The summed E-state index contributed by atoms with van der Waals surface area (Å²) in [6, 6.07) is 0. The number of thioether (sulfide) groups is 1. The number of aryl methyl sites for hydroxylation is 1. The Morgan fingerprint density at radius 2 is 2.19 bits per heavy atom. The van der Waals surface area contributed by atoms with Crippen LogP contribution in [0.3, 0.4) is 0 Å². The van der Waals surface area contributed by atoms with E-state index in [1.165, 1.54) is 11.5 Å². The van der Waals surface area contributed by atoms with Crippen molar-refractivity contribution in [2.75, 3.05) is 18.8 Å². The minimum atomic E-state index is -0.326. The molecule has 0 aliphatic rings. The van der Waals surface area contributed by atoms with Gasteiger partial charge in [0.2, 0.25) is 0 Å². The van der Waals surface area contributed by atoms with E-state index in [-0.39, 0.29) is 6.10 Å². The van der Waals surface area contributed by atoms with Gasteiger partial charge in [-0.15, -0.1) is 0 Å². The molecule has 1 rings (SSSR count). The van der Waals surface area contributed by atoms with Crippen LogP contribution in [0.15, 0.2) is 4.34 Å². The number of nitrogens with one attached hydrogen (secondary N) is 1. The molecule has 0 bridgehead atoms. The largest absolute Gasteiger partial charge is 0.391 e. The van der Waals surface area contributed by atoms with Crippen molar-refractivity contribution in [2.45, 2.75) is 31.2 Å². The topological polar surface area (TPSA) is 58.0 Å². The van der Waals surface area contributed by atoms with E-state index in [1.54, 1.807) is 11.8 Å². The second kappa shape index (κ2) is 7.21. The van der Waals surface area contributed by atoms with Gasteiger partial charge in [0.15, 0.2) is 4.34 Å². The molecule has 4 nitrogen and oxygen atoms in total. The van der Waals surface area contributed by atoms with Crippen LogP contribution in [-0.4, -0.2) is 39.4 Å². The van der Waals surface area contributed by atoms with Crippen molar-refractivity contribution in [2.24, 2.45) is 5.92 Å². The number of hydrogen-bond acceptors (Lipinski definition) is 6. The average Bonchev–Trinajstić information content (AvgIpc) is 2.61. The van der Waals surface area contributed by atoms with Crippen molar-refractivity contribution in [1.29, 1.82) is 0 Å².